The molecular weight excluding hydrogens is 310 g/mol. The average molecular weight is 330 g/mol. The van der Waals surface area contributed by atoms with E-state index in [1.807, 2.05) is 29.2 Å². The van der Waals surface area contributed by atoms with Crippen LogP contribution in [0.2, 0.25) is 5.02 Å². The van der Waals surface area contributed by atoms with E-state index in [1.54, 1.807) is 24.3 Å². The number of nitrogens with zero attached hydrogens (tertiary/aromatic N) is 2. The first-order chi connectivity index (χ1) is 11.1. The summed E-state index contributed by atoms with van der Waals surface area (Å²) < 4.78 is 0. The fourth-order valence-electron chi connectivity index (χ4n) is 2.77. The van der Waals surface area contributed by atoms with E-state index in [-0.39, 0.29) is 5.91 Å². The van der Waals surface area contributed by atoms with E-state index in [9.17, 15) is 4.79 Å². The lowest BCUT2D eigenvalue weighted by Gasteiger charge is -2.34. The second-order valence-electron chi connectivity index (χ2n) is 5.82. The molecule has 0 atom stereocenters. The molecule has 0 bridgehead atoms. The predicted octanol–water partition coefficient (Wildman–Crippen LogP) is 2.88. The van der Waals surface area contributed by atoms with Gasteiger partial charge in [-0.25, -0.2) is 0 Å². The van der Waals surface area contributed by atoms with Crippen LogP contribution in [-0.4, -0.2) is 41.9 Å². The van der Waals surface area contributed by atoms with Crippen molar-refractivity contribution in [2.75, 3.05) is 31.9 Å². The van der Waals surface area contributed by atoms with Crippen LogP contribution in [0.1, 0.15) is 15.9 Å². The van der Waals surface area contributed by atoms with Crippen molar-refractivity contribution >= 4 is 23.2 Å². The molecule has 5 heteroatoms. The number of hydrogen-bond donors (Lipinski definition) is 1. The Kier molecular flexibility index (Phi) is 4.84. The van der Waals surface area contributed by atoms with Crippen LogP contribution in [0.15, 0.2) is 48.5 Å². The summed E-state index contributed by atoms with van der Waals surface area (Å²) in [6, 6.07) is 15.0. The van der Waals surface area contributed by atoms with E-state index >= 15 is 0 Å². The number of carbonyl (C=O) groups excluding carboxylic acids is 1. The molecule has 0 radical (unpaired) electrons. The smallest absolute Gasteiger partial charge is 0.253 e. The van der Waals surface area contributed by atoms with E-state index < -0.39 is 0 Å². The Bertz CT molecular complexity index is 662. The number of piperazine rings is 1. The Labute approximate surface area is 141 Å². The lowest BCUT2D eigenvalue weighted by molar-refractivity contribution is 0.0628. The molecule has 2 aromatic rings. The highest BCUT2D eigenvalue weighted by Crippen LogP contribution is 2.14. The van der Waals surface area contributed by atoms with Crippen LogP contribution in [0, 0.1) is 0 Å². The van der Waals surface area contributed by atoms with Gasteiger partial charge in [0, 0.05) is 49.0 Å². The van der Waals surface area contributed by atoms with Crippen LogP contribution in [-0.2, 0) is 6.54 Å². The normalized spacial score (nSPS) is 15.6. The van der Waals surface area contributed by atoms with Crippen LogP contribution >= 0.6 is 11.6 Å². The Balaban J connectivity index is 1.54. The standard InChI is InChI=1S/C18H20ClN3O/c19-16-5-1-14(2-6-16)13-21-9-11-22(12-10-21)18(23)15-3-7-17(20)8-4-15/h1-8H,9-13,20H2. The van der Waals surface area contributed by atoms with Crippen LogP contribution < -0.4 is 5.73 Å². The van der Waals surface area contributed by atoms with Crippen molar-refractivity contribution in [3.63, 3.8) is 0 Å². The fraction of sp³-hybridized carbons (Fsp3) is 0.278. The molecule has 23 heavy (non-hydrogen) atoms. The van der Waals surface area contributed by atoms with Crippen LogP contribution in [0.5, 0.6) is 0 Å². The molecule has 0 unspecified atom stereocenters. The van der Waals surface area contributed by atoms with Gasteiger partial charge in [0.2, 0.25) is 0 Å². The largest absolute Gasteiger partial charge is 0.399 e. The van der Waals surface area contributed by atoms with Crippen molar-refractivity contribution in [2.45, 2.75) is 6.54 Å². The van der Waals surface area contributed by atoms with Gasteiger partial charge in [-0.3, -0.25) is 9.69 Å². The van der Waals surface area contributed by atoms with Crippen molar-refractivity contribution in [2.24, 2.45) is 0 Å². The van der Waals surface area contributed by atoms with Gasteiger partial charge in [-0.1, -0.05) is 23.7 Å². The first kappa shape index (κ1) is 15.8. The van der Waals surface area contributed by atoms with E-state index in [0.717, 1.165) is 37.7 Å². The summed E-state index contributed by atoms with van der Waals surface area (Å²) >= 11 is 5.91. The summed E-state index contributed by atoms with van der Waals surface area (Å²) in [5, 5.41) is 0.757. The van der Waals surface area contributed by atoms with Gasteiger partial charge >= 0.3 is 0 Å². The Morgan fingerprint density at radius 1 is 0.957 bits per heavy atom. The van der Waals surface area contributed by atoms with Crippen molar-refractivity contribution < 1.29 is 4.79 Å². The predicted molar refractivity (Wildman–Crippen MR) is 93.5 cm³/mol. The van der Waals surface area contributed by atoms with Gasteiger partial charge in [-0.15, -0.1) is 0 Å². The molecule has 1 saturated heterocycles. The van der Waals surface area contributed by atoms with Crippen LogP contribution in [0.25, 0.3) is 0 Å². The summed E-state index contributed by atoms with van der Waals surface area (Å²) in [6.45, 7) is 4.14. The summed E-state index contributed by atoms with van der Waals surface area (Å²) in [4.78, 5) is 16.7. The zero-order chi connectivity index (χ0) is 16.2. The lowest BCUT2D eigenvalue weighted by Crippen LogP contribution is -2.48. The second kappa shape index (κ2) is 7.02. The molecule has 1 aliphatic rings. The Hall–Kier alpha value is -2.04. The molecule has 120 valence electrons. The van der Waals surface area contributed by atoms with Gasteiger partial charge in [-0.2, -0.15) is 0 Å². The molecule has 0 aromatic heterocycles. The number of benzene rings is 2. The lowest BCUT2D eigenvalue weighted by atomic mass is 10.1. The molecule has 0 spiro atoms. The number of halogens is 1. The summed E-state index contributed by atoms with van der Waals surface area (Å²) in [5.74, 6) is 0.0798. The van der Waals surface area contributed by atoms with Crippen molar-refractivity contribution in [3.05, 3.63) is 64.7 Å². The van der Waals surface area contributed by atoms with E-state index in [1.165, 1.54) is 5.56 Å². The number of nitrogens with two attached hydrogens (primary N) is 1. The van der Waals surface area contributed by atoms with Crippen molar-refractivity contribution in [3.8, 4) is 0 Å². The van der Waals surface area contributed by atoms with Gasteiger partial charge in [0.25, 0.3) is 5.91 Å². The number of rotatable bonds is 3. The molecule has 3 rings (SSSR count). The van der Waals surface area contributed by atoms with Gasteiger partial charge in [0.15, 0.2) is 0 Å². The number of anilines is 1. The maximum absolute atomic E-state index is 12.5. The minimum absolute atomic E-state index is 0.0798. The minimum Gasteiger partial charge on any atom is -0.399 e. The highest BCUT2D eigenvalue weighted by atomic mass is 35.5. The third-order valence-electron chi connectivity index (χ3n) is 4.14. The second-order valence-corrected chi connectivity index (χ2v) is 6.25. The first-order valence-corrected chi connectivity index (χ1v) is 8.11. The highest BCUT2D eigenvalue weighted by Gasteiger charge is 2.22. The number of carbonyl (C=O) groups is 1. The minimum atomic E-state index is 0.0798. The summed E-state index contributed by atoms with van der Waals surface area (Å²) in [6.07, 6.45) is 0. The van der Waals surface area contributed by atoms with E-state index in [4.69, 9.17) is 17.3 Å². The summed E-state index contributed by atoms with van der Waals surface area (Å²) in [5.41, 5.74) is 8.28. The molecule has 1 heterocycles. The van der Waals surface area contributed by atoms with Gasteiger partial charge in [0.05, 0.1) is 0 Å². The van der Waals surface area contributed by atoms with Crippen LogP contribution in [0.4, 0.5) is 5.69 Å². The summed E-state index contributed by atoms with van der Waals surface area (Å²) in [7, 11) is 0. The fourth-order valence-corrected chi connectivity index (χ4v) is 2.89. The number of hydrogen-bond acceptors (Lipinski definition) is 3. The molecule has 0 saturated carbocycles. The monoisotopic (exact) mass is 329 g/mol. The molecule has 1 fully saturated rings. The van der Waals surface area contributed by atoms with Crippen molar-refractivity contribution in [1.82, 2.24) is 9.80 Å². The van der Waals surface area contributed by atoms with E-state index in [2.05, 4.69) is 4.90 Å². The Morgan fingerprint density at radius 3 is 2.17 bits per heavy atom. The SMILES string of the molecule is Nc1ccc(C(=O)N2CCN(Cc3ccc(Cl)cc3)CC2)cc1. The molecule has 2 N–H and O–H groups in total. The zero-order valence-electron chi connectivity index (χ0n) is 12.9. The molecule has 1 amide bonds. The molecule has 1 aliphatic heterocycles. The topological polar surface area (TPSA) is 49.6 Å². The highest BCUT2D eigenvalue weighted by molar-refractivity contribution is 6.30. The Morgan fingerprint density at radius 2 is 1.57 bits per heavy atom. The first-order valence-electron chi connectivity index (χ1n) is 7.73. The molecule has 2 aromatic carbocycles. The van der Waals surface area contributed by atoms with Gasteiger partial charge in [-0.05, 0) is 42.0 Å². The molecular formula is C18H20ClN3O. The van der Waals surface area contributed by atoms with Gasteiger partial charge < -0.3 is 10.6 Å². The molecule has 4 nitrogen and oxygen atoms in total. The maximum atomic E-state index is 12.5. The third kappa shape index (κ3) is 4.03. The van der Waals surface area contributed by atoms with E-state index in [0.29, 0.717) is 11.3 Å². The molecule has 0 aliphatic carbocycles. The third-order valence-corrected chi connectivity index (χ3v) is 4.39. The zero-order valence-corrected chi connectivity index (χ0v) is 13.7. The average Bonchev–Trinajstić information content (AvgIpc) is 2.58. The number of nitrogen functional groups attached to an aromatic ring is 1. The van der Waals surface area contributed by atoms with Gasteiger partial charge in [0.1, 0.15) is 0 Å². The number of amides is 1. The van der Waals surface area contributed by atoms with Crippen molar-refractivity contribution in [1.29, 1.82) is 0 Å². The maximum Gasteiger partial charge on any atom is 0.253 e. The van der Waals surface area contributed by atoms with Crippen LogP contribution in [0.3, 0.4) is 0 Å². The quantitative estimate of drug-likeness (QED) is 0.881.